The Kier molecular flexibility index (Phi) is 3.62. The quantitative estimate of drug-likeness (QED) is 0.883. The third kappa shape index (κ3) is 2.88. The lowest BCUT2D eigenvalue weighted by Gasteiger charge is -2.06. The smallest absolute Gasteiger partial charge is 0.255 e. The van der Waals surface area contributed by atoms with Gasteiger partial charge in [0.25, 0.3) is 5.91 Å². The van der Waals surface area contributed by atoms with Crippen LogP contribution in [0.4, 0.5) is 0 Å². The van der Waals surface area contributed by atoms with Crippen LogP contribution < -0.4 is 5.32 Å². The van der Waals surface area contributed by atoms with Gasteiger partial charge in [0, 0.05) is 12.4 Å². The fourth-order valence-electron chi connectivity index (χ4n) is 1.57. The number of nitrogens with one attached hydrogen (secondary N) is 1. The molecule has 0 unspecified atom stereocenters. The molecule has 1 N–H and O–H groups in total. The Morgan fingerprint density at radius 1 is 1.28 bits per heavy atom. The van der Waals surface area contributed by atoms with Crippen LogP contribution in [0.1, 0.15) is 27.6 Å². The van der Waals surface area contributed by atoms with E-state index in [9.17, 15) is 4.79 Å². The van der Waals surface area contributed by atoms with Gasteiger partial charge in [-0.2, -0.15) is 0 Å². The first-order valence-electron chi connectivity index (χ1n) is 5.65. The van der Waals surface area contributed by atoms with Gasteiger partial charge in [-0.25, -0.2) is 9.97 Å². The average molecular weight is 242 g/mol. The highest BCUT2D eigenvalue weighted by Crippen LogP contribution is 2.04. The Morgan fingerprint density at radius 2 is 2.11 bits per heavy atom. The van der Waals surface area contributed by atoms with Crippen molar-refractivity contribution in [2.45, 2.75) is 20.4 Å². The highest BCUT2D eigenvalue weighted by atomic mass is 16.1. The summed E-state index contributed by atoms with van der Waals surface area (Å²) >= 11 is 0. The second kappa shape index (κ2) is 5.35. The van der Waals surface area contributed by atoms with Crippen LogP contribution in [0.2, 0.25) is 0 Å². The monoisotopic (exact) mass is 242 g/mol. The number of hydrogen-bond acceptors (Lipinski definition) is 4. The van der Waals surface area contributed by atoms with Gasteiger partial charge in [-0.1, -0.05) is 6.07 Å². The molecule has 2 heterocycles. The Hall–Kier alpha value is -2.30. The summed E-state index contributed by atoms with van der Waals surface area (Å²) < 4.78 is 0. The highest BCUT2D eigenvalue weighted by Gasteiger charge is 2.10. The Morgan fingerprint density at radius 3 is 2.78 bits per heavy atom. The molecule has 2 aromatic heterocycles. The molecule has 0 saturated heterocycles. The molecule has 0 saturated carbocycles. The Balaban J connectivity index is 2.04. The van der Waals surface area contributed by atoms with Crippen molar-refractivity contribution < 1.29 is 4.79 Å². The molecule has 2 aromatic rings. The van der Waals surface area contributed by atoms with Crippen LogP contribution in [0.15, 0.2) is 30.6 Å². The number of hydrogen-bond donors (Lipinski definition) is 1. The predicted molar refractivity (Wildman–Crippen MR) is 66.9 cm³/mol. The maximum absolute atomic E-state index is 11.9. The summed E-state index contributed by atoms with van der Waals surface area (Å²) in [7, 11) is 0. The topological polar surface area (TPSA) is 67.8 Å². The first-order valence-corrected chi connectivity index (χ1v) is 5.65. The van der Waals surface area contributed by atoms with E-state index in [0.717, 1.165) is 5.69 Å². The molecule has 1 amide bonds. The van der Waals surface area contributed by atoms with Crippen LogP contribution in [0.25, 0.3) is 0 Å². The van der Waals surface area contributed by atoms with E-state index in [2.05, 4.69) is 20.3 Å². The summed E-state index contributed by atoms with van der Waals surface area (Å²) in [5, 5.41) is 2.79. The van der Waals surface area contributed by atoms with Gasteiger partial charge < -0.3 is 5.32 Å². The minimum atomic E-state index is -0.182. The Bertz CT molecular complexity index is 554. The number of pyridine rings is 1. The van der Waals surface area contributed by atoms with Crippen LogP contribution in [-0.4, -0.2) is 20.9 Å². The standard InChI is InChI=1S/C13H14N4O/c1-9-12(8-15-10(2)17-9)13(18)16-7-11-5-3-4-6-14-11/h3-6,8H,7H2,1-2H3,(H,16,18). The number of nitrogens with zero attached hydrogens (tertiary/aromatic N) is 3. The van der Waals surface area contributed by atoms with Crippen LogP contribution in [0, 0.1) is 13.8 Å². The lowest BCUT2D eigenvalue weighted by molar-refractivity contribution is 0.0949. The molecular weight excluding hydrogens is 228 g/mol. The number of carbonyl (C=O) groups is 1. The molecule has 0 fully saturated rings. The van der Waals surface area contributed by atoms with Crippen LogP contribution in [-0.2, 0) is 6.54 Å². The third-order valence-corrected chi connectivity index (χ3v) is 2.50. The average Bonchev–Trinajstić information content (AvgIpc) is 2.37. The van der Waals surface area contributed by atoms with Gasteiger partial charge in [0.05, 0.1) is 23.5 Å². The molecule has 0 aliphatic rings. The summed E-state index contributed by atoms with van der Waals surface area (Å²) in [5.41, 5.74) is 1.99. The van der Waals surface area contributed by atoms with Crippen molar-refractivity contribution in [1.29, 1.82) is 0 Å². The van der Waals surface area contributed by atoms with Crippen molar-refractivity contribution >= 4 is 5.91 Å². The largest absolute Gasteiger partial charge is 0.346 e. The van der Waals surface area contributed by atoms with Gasteiger partial charge in [0.1, 0.15) is 5.82 Å². The second-order valence-electron chi connectivity index (χ2n) is 3.92. The summed E-state index contributed by atoms with van der Waals surface area (Å²) in [4.78, 5) is 24.3. The summed E-state index contributed by atoms with van der Waals surface area (Å²) in [5.74, 6) is 0.479. The van der Waals surface area contributed by atoms with E-state index in [1.165, 1.54) is 0 Å². The Labute approximate surface area is 105 Å². The van der Waals surface area contributed by atoms with Crippen molar-refractivity contribution in [2.24, 2.45) is 0 Å². The predicted octanol–water partition coefficient (Wildman–Crippen LogP) is 1.42. The SMILES string of the molecule is Cc1ncc(C(=O)NCc2ccccn2)c(C)n1. The van der Waals surface area contributed by atoms with Crippen LogP contribution >= 0.6 is 0 Å². The number of amides is 1. The van der Waals surface area contributed by atoms with Crippen LogP contribution in [0.3, 0.4) is 0 Å². The van der Waals surface area contributed by atoms with E-state index < -0.39 is 0 Å². The molecule has 0 aliphatic carbocycles. The molecule has 0 aromatic carbocycles. The summed E-state index contributed by atoms with van der Waals surface area (Å²) in [6.07, 6.45) is 3.24. The molecule has 18 heavy (non-hydrogen) atoms. The zero-order valence-electron chi connectivity index (χ0n) is 10.3. The number of rotatable bonds is 3. The van der Waals surface area contributed by atoms with Gasteiger partial charge in [0.15, 0.2) is 0 Å². The molecule has 92 valence electrons. The van der Waals surface area contributed by atoms with E-state index in [1.54, 1.807) is 26.2 Å². The van der Waals surface area contributed by atoms with E-state index in [1.807, 2.05) is 18.2 Å². The molecular formula is C13H14N4O. The zero-order valence-corrected chi connectivity index (χ0v) is 10.3. The molecule has 2 rings (SSSR count). The van der Waals surface area contributed by atoms with E-state index in [0.29, 0.717) is 23.6 Å². The van der Waals surface area contributed by atoms with Crippen molar-refractivity contribution in [2.75, 3.05) is 0 Å². The summed E-state index contributed by atoms with van der Waals surface area (Å²) in [6.45, 7) is 3.99. The molecule has 0 aliphatic heterocycles. The molecule has 5 nitrogen and oxygen atoms in total. The van der Waals surface area contributed by atoms with Crippen molar-refractivity contribution in [3.63, 3.8) is 0 Å². The van der Waals surface area contributed by atoms with Crippen molar-refractivity contribution in [3.05, 3.63) is 53.4 Å². The maximum Gasteiger partial charge on any atom is 0.255 e. The lowest BCUT2D eigenvalue weighted by Crippen LogP contribution is -2.24. The lowest BCUT2D eigenvalue weighted by atomic mass is 10.2. The van der Waals surface area contributed by atoms with Gasteiger partial charge in [-0.3, -0.25) is 9.78 Å². The molecule has 0 atom stereocenters. The molecule has 5 heteroatoms. The van der Waals surface area contributed by atoms with Gasteiger partial charge in [-0.05, 0) is 26.0 Å². The highest BCUT2D eigenvalue weighted by molar-refractivity contribution is 5.94. The minimum absolute atomic E-state index is 0.182. The van der Waals surface area contributed by atoms with E-state index in [-0.39, 0.29) is 5.91 Å². The molecule has 0 radical (unpaired) electrons. The fourth-order valence-corrected chi connectivity index (χ4v) is 1.57. The van der Waals surface area contributed by atoms with E-state index >= 15 is 0 Å². The van der Waals surface area contributed by atoms with Crippen molar-refractivity contribution in [3.8, 4) is 0 Å². The van der Waals surface area contributed by atoms with Crippen LogP contribution in [0.5, 0.6) is 0 Å². The second-order valence-corrected chi connectivity index (χ2v) is 3.92. The van der Waals surface area contributed by atoms with Gasteiger partial charge in [0.2, 0.25) is 0 Å². The fraction of sp³-hybridized carbons (Fsp3) is 0.231. The van der Waals surface area contributed by atoms with Crippen molar-refractivity contribution in [1.82, 2.24) is 20.3 Å². The third-order valence-electron chi connectivity index (χ3n) is 2.50. The van der Waals surface area contributed by atoms with Gasteiger partial charge >= 0.3 is 0 Å². The van der Waals surface area contributed by atoms with Gasteiger partial charge in [-0.15, -0.1) is 0 Å². The number of aryl methyl sites for hydroxylation is 2. The first kappa shape index (κ1) is 12.2. The van der Waals surface area contributed by atoms with E-state index in [4.69, 9.17) is 0 Å². The number of carbonyl (C=O) groups excluding carboxylic acids is 1. The minimum Gasteiger partial charge on any atom is -0.346 e. The maximum atomic E-state index is 11.9. The summed E-state index contributed by atoms with van der Waals surface area (Å²) in [6, 6.07) is 5.58. The molecule has 0 spiro atoms. The molecule has 0 bridgehead atoms. The normalized spacial score (nSPS) is 10.1. The first-order chi connectivity index (χ1) is 8.66. The zero-order chi connectivity index (χ0) is 13.0. The number of aromatic nitrogens is 3.